The number of alkyl halides is 9. The van der Waals surface area contributed by atoms with Crippen LogP contribution < -0.4 is 34.3 Å². The Morgan fingerprint density at radius 3 is 1.48 bits per heavy atom. The second-order valence-corrected chi connectivity index (χ2v) is 6.60. The summed E-state index contributed by atoms with van der Waals surface area (Å²) >= 11 is 0. The summed E-state index contributed by atoms with van der Waals surface area (Å²) in [5.74, 6) is -43.7. The third-order valence-electron chi connectivity index (χ3n) is 3.22. The first-order valence-corrected chi connectivity index (χ1v) is 8.11. The minimum absolute atomic E-state index is 0. The van der Waals surface area contributed by atoms with Gasteiger partial charge in [-0.25, -0.2) is 21.6 Å². The Labute approximate surface area is 193 Å². The summed E-state index contributed by atoms with van der Waals surface area (Å²) in [7, 11) is -6.62. The quantitative estimate of drug-likeness (QED) is 0.137. The molecule has 33 heavy (non-hydrogen) atoms. The van der Waals surface area contributed by atoms with Gasteiger partial charge in [-0.15, -0.1) is 0 Å². The Morgan fingerprint density at radius 2 is 1.12 bits per heavy atom. The molecular formula is C12F15NaO4S. The van der Waals surface area contributed by atoms with Crippen LogP contribution in [0.25, 0.3) is 0 Å². The van der Waals surface area contributed by atoms with Gasteiger partial charge in [-0.2, -0.15) is 52.7 Å². The Hall–Kier alpha value is -1.38. The second-order valence-electron chi connectivity index (χ2n) is 5.28. The minimum atomic E-state index is -7.84. The topological polar surface area (TPSA) is 66.4 Å². The van der Waals surface area contributed by atoms with Crippen LogP contribution in [0, 0.1) is 23.3 Å². The largest absolute Gasteiger partial charge is 1.00 e. The maximum atomic E-state index is 13.5. The van der Waals surface area contributed by atoms with E-state index in [2.05, 4.69) is 4.74 Å². The van der Waals surface area contributed by atoms with Gasteiger partial charge in [0.05, 0.1) is 0 Å². The van der Waals surface area contributed by atoms with E-state index in [1.807, 2.05) is 0 Å². The molecule has 0 heterocycles. The van der Waals surface area contributed by atoms with E-state index < -0.39 is 79.8 Å². The smallest absolute Gasteiger partial charge is 0.744 e. The van der Waals surface area contributed by atoms with Crippen LogP contribution in [-0.4, -0.2) is 36.9 Å². The van der Waals surface area contributed by atoms with Crippen molar-refractivity contribution >= 4 is 10.1 Å². The van der Waals surface area contributed by atoms with Crippen molar-refractivity contribution in [2.75, 3.05) is 0 Å². The zero-order chi connectivity index (χ0) is 25.8. The van der Waals surface area contributed by atoms with E-state index in [9.17, 15) is 78.8 Å². The Balaban J connectivity index is 0.0000102. The maximum Gasteiger partial charge on any atom is 1.00 e. The average molecular weight is 548 g/mol. The molecule has 0 atom stereocenters. The number of hydrogen-bond donors (Lipinski definition) is 0. The molecule has 0 saturated carbocycles. The van der Waals surface area contributed by atoms with Gasteiger partial charge in [-0.1, -0.05) is 0 Å². The van der Waals surface area contributed by atoms with Crippen molar-refractivity contribution in [3.05, 3.63) is 35.1 Å². The molecule has 0 aliphatic heterocycles. The van der Waals surface area contributed by atoms with Crippen LogP contribution in [0.5, 0.6) is 5.75 Å². The van der Waals surface area contributed by atoms with Gasteiger partial charge in [0.15, 0.2) is 17.4 Å². The monoisotopic (exact) mass is 548 g/mol. The van der Waals surface area contributed by atoms with Gasteiger partial charge in [0.25, 0.3) is 0 Å². The minimum Gasteiger partial charge on any atom is -0.744 e. The van der Waals surface area contributed by atoms with E-state index in [0.717, 1.165) is 0 Å². The van der Waals surface area contributed by atoms with E-state index in [4.69, 9.17) is 0 Å². The fraction of sp³-hybridized carbons (Fsp3) is 0.333. The predicted molar refractivity (Wildman–Crippen MR) is 65.0 cm³/mol. The number of allylic oxidation sites excluding steroid dienone is 1. The van der Waals surface area contributed by atoms with Crippen LogP contribution in [-0.2, 0) is 10.1 Å². The number of rotatable bonds is 6. The van der Waals surface area contributed by atoms with Gasteiger partial charge in [-0.3, -0.25) is 0 Å². The van der Waals surface area contributed by atoms with Crippen molar-refractivity contribution in [3.63, 3.8) is 0 Å². The van der Waals surface area contributed by atoms with Gasteiger partial charge >= 0.3 is 59.5 Å². The van der Waals surface area contributed by atoms with Crippen LogP contribution >= 0.6 is 0 Å². The average Bonchev–Trinajstić information content (AvgIpc) is 2.61. The molecule has 184 valence electrons. The first kappa shape index (κ1) is 31.6. The fourth-order valence-corrected chi connectivity index (χ4v) is 2.34. The molecule has 0 bridgehead atoms. The standard InChI is InChI=1S/C12HF15O4S.Na/c13-1-2(14)4(16)6(32(28,29)30)5(3(1)15)31-8(18)7(17)9(19,20)10(21,22)11(23,24)12(25,26)27;/h(H,28,29,30);/q;+1/p-1. The Bertz CT molecular complexity index is 1060. The molecule has 1 rings (SSSR count). The van der Waals surface area contributed by atoms with Gasteiger partial charge in [-0.05, 0) is 0 Å². The molecule has 0 amide bonds. The molecule has 0 saturated heterocycles. The molecule has 0 N–H and O–H groups in total. The van der Waals surface area contributed by atoms with Gasteiger partial charge in [0.2, 0.25) is 17.5 Å². The molecule has 0 aliphatic carbocycles. The summed E-state index contributed by atoms with van der Waals surface area (Å²) < 4.78 is 229. The molecule has 21 heteroatoms. The molecular weight excluding hydrogens is 548 g/mol. The van der Waals surface area contributed by atoms with Gasteiger partial charge in [0.1, 0.15) is 15.0 Å². The number of benzene rings is 1. The van der Waals surface area contributed by atoms with E-state index >= 15 is 0 Å². The molecule has 0 aromatic heterocycles. The fourth-order valence-electron chi connectivity index (χ4n) is 1.68. The molecule has 0 radical (unpaired) electrons. The summed E-state index contributed by atoms with van der Waals surface area (Å²) in [5.41, 5.74) is 0. The third-order valence-corrected chi connectivity index (χ3v) is 4.08. The summed E-state index contributed by atoms with van der Waals surface area (Å²) in [6.45, 7) is 0. The normalized spacial score (nSPS) is 14.5. The molecule has 0 spiro atoms. The van der Waals surface area contributed by atoms with Crippen LogP contribution in [0.3, 0.4) is 0 Å². The molecule has 0 fully saturated rings. The van der Waals surface area contributed by atoms with Crippen LogP contribution in [0.4, 0.5) is 65.9 Å². The molecule has 1 aromatic rings. The predicted octanol–water partition coefficient (Wildman–Crippen LogP) is 2.11. The van der Waals surface area contributed by atoms with Crippen molar-refractivity contribution in [2.24, 2.45) is 0 Å². The number of hydrogen-bond acceptors (Lipinski definition) is 4. The SMILES string of the molecule is O=S(=O)([O-])c1c(F)c(F)c(F)c(F)c1OC(F)=C(F)C(F)(F)C(F)(F)C(F)(F)C(F)(F)F.[Na+]. The molecule has 0 aliphatic rings. The zero-order valence-electron chi connectivity index (χ0n) is 14.7. The third kappa shape index (κ3) is 5.17. The van der Waals surface area contributed by atoms with E-state index in [-0.39, 0.29) is 29.6 Å². The van der Waals surface area contributed by atoms with Crippen molar-refractivity contribution in [3.8, 4) is 5.75 Å². The summed E-state index contributed by atoms with van der Waals surface area (Å²) in [6.07, 6.45) is -7.49. The van der Waals surface area contributed by atoms with Gasteiger partial charge < -0.3 is 9.29 Å². The first-order valence-electron chi connectivity index (χ1n) is 6.70. The molecule has 4 nitrogen and oxygen atoms in total. The summed E-state index contributed by atoms with van der Waals surface area (Å²) in [5, 5.41) is 0. The summed E-state index contributed by atoms with van der Waals surface area (Å²) in [6, 6.07) is -4.16. The van der Waals surface area contributed by atoms with E-state index in [1.165, 1.54) is 0 Å². The Kier molecular flexibility index (Phi) is 8.95. The van der Waals surface area contributed by atoms with Crippen LogP contribution in [0.15, 0.2) is 16.7 Å². The second kappa shape index (κ2) is 9.34. The zero-order valence-corrected chi connectivity index (χ0v) is 17.5. The van der Waals surface area contributed by atoms with E-state index in [1.54, 1.807) is 0 Å². The van der Waals surface area contributed by atoms with Crippen LogP contribution in [0.2, 0.25) is 0 Å². The van der Waals surface area contributed by atoms with Crippen LogP contribution in [0.1, 0.15) is 0 Å². The van der Waals surface area contributed by atoms with Crippen molar-refractivity contribution in [2.45, 2.75) is 28.8 Å². The van der Waals surface area contributed by atoms with Gasteiger partial charge in [0, 0.05) is 0 Å². The van der Waals surface area contributed by atoms with Crippen molar-refractivity contribution in [1.82, 2.24) is 0 Å². The van der Waals surface area contributed by atoms with Crippen molar-refractivity contribution < 1.29 is 113 Å². The molecule has 0 unspecified atom stereocenters. The number of halogens is 15. The summed E-state index contributed by atoms with van der Waals surface area (Å²) in [4.78, 5) is -3.08. The first-order chi connectivity index (χ1) is 13.9. The maximum absolute atomic E-state index is 13.5. The Morgan fingerprint density at radius 1 is 0.727 bits per heavy atom. The van der Waals surface area contributed by atoms with E-state index in [0.29, 0.717) is 0 Å². The number of ether oxygens (including phenoxy) is 1. The van der Waals surface area contributed by atoms with Crippen molar-refractivity contribution in [1.29, 1.82) is 0 Å². The molecule has 1 aromatic carbocycles.